The van der Waals surface area contributed by atoms with Gasteiger partial charge in [-0.1, -0.05) is 11.6 Å². The molecule has 144 valence electrons. The number of rotatable bonds is 3. The molecule has 0 aromatic heterocycles. The highest BCUT2D eigenvalue weighted by molar-refractivity contribution is 6.33. The maximum absolute atomic E-state index is 12.6. The Labute approximate surface area is 160 Å². The lowest BCUT2D eigenvalue weighted by Gasteiger charge is -2.16. The Morgan fingerprint density at radius 3 is 1.96 bits per heavy atom. The van der Waals surface area contributed by atoms with E-state index in [9.17, 15) is 24.9 Å². The molecule has 0 aliphatic rings. The average molecular weight is 395 g/mol. The van der Waals surface area contributed by atoms with E-state index in [0.717, 1.165) is 0 Å². The van der Waals surface area contributed by atoms with Crippen molar-refractivity contribution in [3.05, 3.63) is 44.5 Å². The van der Waals surface area contributed by atoms with E-state index in [2.05, 4.69) is 4.74 Å². The number of esters is 2. The lowest BCUT2D eigenvalue weighted by atomic mass is 10.0. The number of benzene rings is 2. The molecule has 2 aromatic carbocycles. The smallest absolute Gasteiger partial charge is 0.347 e. The van der Waals surface area contributed by atoms with Crippen LogP contribution in [0.2, 0.25) is 5.02 Å². The van der Waals surface area contributed by atoms with Crippen LogP contribution in [0.25, 0.3) is 0 Å². The number of carbonyl (C=O) groups is 2. The number of hydrogen-bond donors (Lipinski definition) is 3. The first-order chi connectivity index (χ1) is 12.5. The van der Waals surface area contributed by atoms with E-state index in [1.807, 2.05) is 0 Å². The number of phenolic OH excluding ortho intramolecular Hbond substituents is 3. The van der Waals surface area contributed by atoms with E-state index in [1.165, 1.54) is 33.9 Å². The van der Waals surface area contributed by atoms with Gasteiger partial charge >= 0.3 is 11.9 Å². The highest BCUT2D eigenvalue weighted by atomic mass is 35.5. The summed E-state index contributed by atoms with van der Waals surface area (Å²) in [5.74, 6) is -2.79. The van der Waals surface area contributed by atoms with E-state index in [1.54, 1.807) is 6.92 Å². The van der Waals surface area contributed by atoms with Crippen LogP contribution < -0.4 is 4.74 Å². The van der Waals surface area contributed by atoms with Crippen molar-refractivity contribution in [1.82, 2.24) is 0 Å². The summed E-state index contributed by atoms with van der Waals surface area (Å²) in [5, 5.41) is 30.3. The third-order valence-electron chi connectivity index (χ3n) is 4.36. The summed E-state index contributed by atoms with van der Waals surface area (Å²) in [4.78, 5) is 24.4. The fraction of sp³-hybridized carbons (Fsp3) is 0.263. The first-order valence-electron chi connectivity index (χ1n) is 7.87. The van der Waals surface area contributed by atoms with Gasteiger partial charge in [0.2, 0.25) is 0 Å². The standard InChI is InChI=1S/C19H19ClO7/c1-7-6-11(8(2)15(21)12(7)18(24)26-5)27-19(25)13-9(3)14(20)17(23)10(4)16(13)22/h6,21-23H,1-5H3. The fourth-order valence-electron chi connectivity index (χ4n) is 2.66. The fourth-order valence-corrected chi connectivity index (χ4v) is 2.90. The minimum atomic E-state index is -0.928. The third kappa shape index (κ3) is 3.38. The van der Waals surface area contributed by atoms with Gasteiger partial charge in [0.25, 0.3) is 0 Å². The molecule has 0 radical (unpaired) electrons. The number of phenols is 3. The Hall–Kier alpha value is -2.93. The second-order valence-corrected chi connectivity index (χ2v) is 6.44. The summed E-state index contributed by atoms with van der Waals surface area (Å²) >= 11 is 6.00. The minimum absolute atomic E-state index is 0.00306. The molecule has 0 saturated heterocycles. The number of hydrogen-bond acceptors (Lipinski definition) is 7. The van der Waals surface area contributed by atoms with Crippen LogP contribution in [0.15, 0.2) is 6.07 Å². The molecule has 0 atom stereocenters. The maximum Gasteiger partial charge on any atom is 0.347 e. The van der Waals surface area contributed by atoms with Crippen molar-refractivity contribution in [3.8, 4) is 23.0 Å². The van der Waals surface area contributed by atoms with Crippen LogP contribution in [0.1, 0.15) is 43.0 Å². The highest BCUT2D eigenvalue weighted by Gasteiger charge is 2.26. The molecule has 0 fully saturated rings. The summed E-state index contributed by atoms with van der Waals surface area (Å²) < 4.78 is 9.96. The Bertz CT molecular complexity index is 935. The lowest BCUT2D eigenvalue weighted by molar-refractivity contribution is 0.0596. The van der Waals surface area contributed by atoms with Gasteiger partial charge in [-0.05, 0) is 44.9 Å². The van der Waals surface area contributed by atoms with Gasteiger partial charge in [0, 0.05) is 11.1 Å². The van der Waals surface area contributed by atoms with Crippen molar-refractivity contribution >= 4 is 23.5 Å². The molecule has 2 aromatic rings. The topological polar surface area (TPSA) is 113 Å². The molecule has 3 N–H and O–H groups in total. The Morgan fingerprint density at radius 2 is 1.41 bits per heavy atom. The van der Waals surface area contributed by atoms with Gasteiger partial charge in [-0.2, -0.15) is 0 Å². The SMILES string of the molecule is COC(=O)c1c(C)cc(OC(=O)c2c(C)c(Cl)c(O)c(C)c2O)c(C)c1O. The number of halogens is 1. The average Bonchev–Trinajstić information content (AvgIpc) is 2.62. The molecule has 0 heterocycles. The first-order valence-corrected chi connectivity index (χ1v) is 8.24. The van der Waals surface area contributed by atoms with Crippen molar-refractivity contribution < 1.29 is 34.4 Å². The van der Waals surface area contributed by atoms with Crippen LogP contribution in [-0.4, -0.2) is 34.4 Å². The molecule has 0 unspecified atom stereocenters. The largest absolute Gasteiger partial charge is 0.507 e. The zero-order chi connectivity index (χ0) is 20.6. The highest BCUT2D eigenvalue weighted by Crippen LogP contribution is 2.41. The number of aromatic hydroxyl groups is 3. The molecule has 7 nitrogen and oxygen atoms in total. The predicted molar refractivity (Wildman–Crippen MR) is 98.1 cm³/mol. The van der Waals surface area contributed by atoms with E-state index >= 15 is 0 Å². The number of carbonyl (C=O) groups excluding carboxylic acids is 2. The van der Waals surface area contributed by atoms with Gasteiger partial charge in [-0.3, -0.25) is 0 Å². The molecule has 27 heavy (non-hydrogen) atoms. The molecule has 0 aliphatic heterocycles. The van der Waals surface area contributed by atoms with Gasteiger partial charge in [0.15, 0.2) is 0 Å². The molecule has 0 bridgehead atoms. The lowest BCUT2D eigenvalue weighted by Crippen LogP contribution is -2.13. The predicted octanol–water partition coefficient (Wildman–Crippen LogP) is 3.70. The zero-order valence-electron chi connectivity index (χ0n) is 15.4. The molecular weight excluding hydrogens is 376 g/mol. The Morgan fingerprint density at radius 1 is 0.852 bits per heavy atom. The summed E-state index contributed by atoms with van der Waals surface area (Å²) in [7, 11) is 1.19. The normalized spacial score (nSPS) is 10.6. The van der Waals surface area contributed by atoms with Crippen molar-refractivity contribution in [1.29, 1.82) is 0 Å². The van der Waals surface area contributed by atoms with Gasteiger partial charge < -0.3 is 24.8 Å². The number of ether oxygens (including phenoxy) is 2. The summed E-state index contributed by atoms with van der Waals surface area (Å²) in [6, 6.07) is 1.40. The van der Waals surface area contributed by atoms with Crippen LogP contribution in [-0.2, 0) is 4.74 Å². The first kappa shape index (κ1) is 20.4. The van der Waals surface area contributed by atoms with Crippen molar-refractivity contribution in [2.75, 3.05) is 7.11 Å². The summed E-state index contributed by atoms with van der Waals surface area (Å²) in [6.45, 7) is 5.87. The second kappa shape index (κ2) is 7.36. The molecule has 2 rings (SSSR count). The number of aryl methyl sites for hydroxylation is 1. The van der Waals surface area contributed by atoms with Gasteiger partial charge in [-0.25, -0.2) is 9.59 Å². The maximum atomic E-state index is 12.6. The molecule has 0 spiro atoms. The minimum Gasteiger partial charge on any atom is -0.507 e. The second-order valence-electron chi connectivity index (χ2n) is 6.06. The van der Waals surface area contributed by atoms with Gasteiger partial charge in [-0.15, -0.1) is 0 Å². The summed E-state index contributed by atoms with van der Waals surface area (Å²) in [5.41, 5.74) is 0.435. The number of methoxy groups -OCH3 is 1. The Balaban J connectivity index is 2.54. The zero-order valence-corrected chi connectivity index (χ0v) is 16.2. The third-order valence-corrected chi connectivity index (χ3v) is 4.82. The van der Waals surface area contributed by atoms with Gasteiger partial charge in [0.1, 0.15) is 34.1 Å². The molecule has 8 heteroatoms. The van der Waals surface area contributed by atoms with Gasteiger partial charge in [0.05, 0.1) is 12.1 Å². The quantitative estimate of drug-likeness (QED) is 0.537. The van der Waals surface area contributed by atoms with Crippen LogP contribution >= 0.6 is 11.6 Å². The van der Waals surface area contributed by atoms with Crippen molar-refractivity contribution in [2.45, 2.75) is 27.7 Å². The molecule has 0 saturated carbocycles. The van der Waals surface area contributed by atoms with E-state index in [0.29, 0.717) is 5.56 Å². The summed E-state index contributed by atoms with van der Waals surface area (Å²) in [6.07, 6.45) is 0. The van der Waals surface area contributed by atoms with E-state index in [-0.39, 0.29) is 50.1 Å². The van der Waals surface area contributed by atoms with Crippen molar-refractivity contribution in [2.24, 2.45) is 0 Å². The van der Waals surface area contributed by atoms with Crippen LogP contribution in [0.4, 0.5) is 0 Å². The van der Waals surface area contributed by atoms with Crippen LogP contribution in [0, 0.1) is 27.7 Å². The molecular formula is C19H19ClO7. The van der Waals surface area contributed by atoms with Crippen LogP contribution in [0.5, 0.6) is 23.0 Å². The Kier molecular flexibility index (Phi) is 5.56. The monoisotopic (exact) mass is 394 g/mol. The molecule has 0 amide bonds. The molecule has 0 aliphatic carbocycles. The van der Waals surface area contributed by atoms with E-state index in [4.69, 9.17) is 16.3 Å². The van der Waals surface area contributed by atoms with Crippen LogP contribution in [0.3, 0.4) is 0 Å². The van der Waals surface area contributed by atoms with E-state index < -0.39 is 17.7 Å². The van der Waals surface area contributed by atoms with Crippen molar-refractivity contribution in [3.63, 3.8) is 0 Å².